The van der Waals surface area contributed by atoms with Crippen LogP contribution in [0.5, 0.6) is 5.75 Å². The molecule has 2 fully saturated rings. The van der Waals surface area contributed by atoms with E-state index in [1.807, 2.05) is 29.8 Å². The van der Waals surface area contributed by atoms with Gasteiger partial charge in [-0.1, -0.05) is 6.07 Å². The Morgan fingerprint density at radius 3 is 2.70 bits per heavy atom. The van der Waals surface area contributed by atoms with Gasteiger partial charge in [-0.3, -0.25) is 14.6 Å². The van der Waals surface area contributed by atoms with Crippen LogP contribution in [0, 0.1) is 17.2 Å². The van der Waals surface area contributed by atoms with E-state index < -0.39 is 0 Å². The molecule has 2 saturated carbocycles. The molecule has 8 heteroatoms. The Kier molecular flexibility index (Phi) is 5.87. The Morgan fingerprint density at radius 1 is 1.19 bits per heavy atom. The molecule has 1 N–H and O–H groups in total. The van der Waals surface area contributed by atoms with E-state index in [2.05, 4.69) is 14.9 Å². The van der Waals surface area contributed by atoms with Gasteiger partial charge in [0.15, 0.2) is 0 Å². The lowest BCUT2D eigenvalue weighted by Gasteiger charge is -2.57. The van der Waals surface area contributed by atoms with Crippen molar-refractivity contribution in [2.24, 2.45) is 11.3 Å². The van der Waals surface area contributed by atoms with Crippen LogP contribution in [0.1, 0.15) is 48.5 Å². The number of hydrogen-bond acceptors (Lipinski definition) is 5. The van der Waals surface area contributed by atoms with Gasteiger partial charge in [0.2, 0.25) is 0 Å². The van der Waals surface area contributed by atoms with Crippen LogP contribution in [0.3, 0.4) is 0 Å². The Morgan fingerprint density at radius 2 is 2.00 bits per heavy atom. The minimum Gasteiger partial charge on any atom is -0.497 e. The number of hydrogen-bond donors (Lipinski definition) is 1. The number of aromatic nitrogens is 2. The Balaban J connectivity index is 1.14. The number of halogens is 1. The second-order valence-corrected chi connectivity index (χ2v) is 11.4. The third-order valence-corrected chi connectivity index (χ3v) is 8.88. The summed E-state index contributed by atoms with van der Waals surface area (Å²) in [5, 5.41) is 5.14. The molecule has 1 aromatic carbocycles. The van der Waals surface area contributed by atoms with E-state index in [0.29, 0.717) is 34.9 Å². The summed E-state index contributed by atoms with van der Waals surface area (Å²) in [7, 11) is 1.51. The highest BCUT2D eigenvalue weighted by Crippen LogP contribution is 2.58. The standard InChI is InChI=1S/C29H28FN3O3S/c1-17(34)20-10-29(11-20)12-22(13-29)32-28(35)24-16-37-26-5-6-33(27(24)26)15-18-3-4-25(31-14-18)19-7-21(30)9-23(8-19)36-2/h3-9,14,16,20,22H,10-13,15H2,1-2H3,(H,32,35). The van der Waals surface area contributed by atoms with E-state index in [1.54, 1.807) is 30.5 Å². The summed E-state index contributed by atoms with van der Waals surface area (Å²) in [6.07, 6.45) is 7.65. The van der Waals surface area contributed by atoms with Crippen molar-refractivity contribution in [2.75, 3.05) is 7.11 Å². The molecule has 190 valence electrons. The van der Waals surface area contributed by atoms with Crippen LogP contribution in [0.2, 0.25) is 0 Å². The normalized spacial score (nSPS) is 22.5. The van der Waals surface area contributed by atoms with Crippen LogP contribution < -0.4 is 10.1 Å². The molecule has 0 unspecified atom stereocenters. The molecular weight excluding hydrogens is 489 g/mol. The number of amides is 1. The lowest BCUT2D eigenvalue weighted by Crippen LogP contribution is -2.57. The third-order valence-electron chi connectivity index (χ3n) is 7.94. The van der Waals surface area contributed by atoms with Crippen LogP contribution in [-0.4, -0.2) is 34.4 Å². The van der Waals surface area contributed by atoms with Gasteiger partial charge in [0.1, 0.15) is 17.3 Å². The first kappa shape index (κ1) is 23.9. The molecule has 0 radical (unpaired) electrons. The average molecular weight is 518 g/mol. The van der Waals surface area contributed by atoms with Gasteiger partial charge in [-0.2, -0.15) is 0 Å². The zero-order chi connectivity index (χ0) is 25.7. The second-order valence-electron chi connectivity index (χ2n) is 10.5. The van der Waals surface area contributed by atoms with Crippen molar-refractivity contribution in [3.8, 4) is 17.0 Å². The molecule has 3 aromatic heterocycles. The fourth-order valence-electron chi connectivity index (χ4n) is 5.98. The van der Waals surface area contributed by atoms with E-state index in [9.17, 15) is 14.0 Å². The topological polar surface area (TPSA) is 73.2 Å². The summed E-state index contributed by atoms with van der Waals surface area (Å²) in [5.41, 5.74) is 4.18. The molecule has 1 amide bonds. The van der Waals surface area contributed by atoms with Crippen LogP contribution in [0.15, 0.2) is 54.2 Å². The lowest BCUT2D eigenvalue weighted by atomic mass is 9.49. The van der Waals surface area contributed by atoms with Gasteiger partial charge in [0.25, 0.3) is 5.91 Å². The molecule has 6 nitrogen and oxygen atoms in total. The van der Waals surface area contributed by atoms with Gasteiger partial charge in [-0.15, -0.1) is 11.3 Å². The largest absolute Gasteiger partial charge is 0.497 e. The van der Waals surface area contributed by atoms with E-state index >= 15 is 0 Å². The Hall–Kier alpha value is -3.52. The Bertz CT molecular complexity index is 1490. The highest BCUT2D eigenvalue weighted by Gasteiger charge is 2.54. The first-order valence-electron chi connectivity index (χ1n) is 12.5. The van der Waals surface area contributed by atoms with Crippen molar-refractivity contribution < 1.29 is 18.7 Å². The molecule has 0 aliphatic heterocycles. The zero-order valence-electron chi connectivity index (χ0n) is 20.8. The van der Waals surface area contributed by atoms with Gasteiger partial charge in [0, 0.05) is 47.9 Å². The van der Waals surface area contributed by atoms with E-state index in [0.717, 1.165) is 41.5 Å². The fraction of sp³-hybridized carbons (Fsp3) is 0.345. The smallest absolute Gasteiger partial charge is 0.254 e. The van der Waals surface area contributed by atoms with Crippen LogP contribution in [-0.2, 0) is 11.3 Å². The molecule has 0 saturated heterocycles. The lowest BCUT2D eigenvalue weighted by molar-refractivity contribution is -0.134. The van der Waals surface area contributed by atoms with Crippen molar-refractivity contribution in [3.05, 3.63) is 71.1 Å². The fourth-order valence-corrected chi connectivity index (χ4v) is 6.92. The molecule has 0 atom stereocenters. The zero-order valence-corrected chi connectivity index (χ0v) is 21.6. The number of rotatable bonds is 7. The summed E-state index contributed by atoms with van der Waals surface area (Å²) in [4.78, 5) is 29.3. The molecule has 4 aromatic rings. The SMILES string of the molecule is COc1cc(F)cc(-c2ccc(Cn3ccc4scc(C(=O)NC5CC6(C5)CC(C(C)=O)C6)c43)cn2)c1. The molecule has 0 bridgehead atoms. The summed E-state index contributed by atoms with van der Waals surface area (Å²) in [6, 6.07) is 10.6. The highest BCUT2D eigenvalue weighted by atomic mass is 32.1. The third kappa shape index (κ3) is 4.44. The first-order chi connectivity index (χ1) is 17.8. The minimum absolute atomic E-state index is 0.0398. The van der Waals surface area contributed by atoms with Gasteiger partial charge in [-0.25, -0.2) is 4.39 Å². The van der Waals surface area contributed by atoms with Crippen molar-refractivity contribution in [1.29, 1.82) is 0 Å². The van der Waals surface area contributed by atoms with Gasteiger partial charge >= 0.3 is 0 Å². The van der Waals surface area contributed by atoms with Crippen molar-refractivity contribution in [1.82, 2.24) is 14.9 Å². The summed E-state index contributed by atoms with van der Waals surface area (Å²) < 4.78 is 22.2. The van der Waals surface area contributed by atoms with Gasteiger partial charge < -0.3 is 14.6 Å². The number of methoxy groups -OCH3 is 1. The quantitative estimate of drug-likeness (QED) is 0.334. The second kappa shape index (κ2) is 9.10. The van der Waals surface area contributed by atoms with Gasteiger partial charge in [0.05, 0.1) is 28.6 Å². The van der Waals surface area contributed by atoms with Crippen molar-refractivity contribution in [3.63, 3.8) is 0 Å². The summed E-state index contributed by atoms with van der Waals surface area (Å²) >= 11 is 1.57. The van der Waals surface area contributed by atoms with Gasteiger partial charge in [-0.05, 0) is 67.9 Å². The van der Waals surface area contributed by atoms with Crippen LogP contribution >= 0.6 is 11.3 Å². The minimum atomic E-state index is -0.372. The molecule has 2 aliphatic carbocycles. The first-order valence-corrected chi connectivity index (χ1v) is 13.4. The average Bonchev–Trinajstić information content (AvgIpc) is 3.42. The number of fused-ring (bicyclic) bond motifs is 1. The van der Waals surface area contributed by atoms with Crippen molar-refractivity contribution >= 4 is 33.2 Å². The highest BCUT2D eigenvalue weighted by molar-refractivity contribution is 7.17. The number of pyridine rings is 1. The number of thiophene rings is 1. The number of nitrogens with one attached hydrogen (secondary N) is 1. The predicted molar refractivity (Wildman–Crippen MR) is 141 cm³/mol. The number of nitrogens with zero attached hydrogens (tertiary/aromatic N) is 2. The summed E-state index contributed by atoms with van der Waals surface area (Å²) in [5.74, 6) is 0.546. The van der Waals surface area contributed by atoms with E-state index in [4.69, 9.17) is 4.74 Å². The predicted octanol–water partition coefficient (Wildman–Crippen LogP) is 5.84. The maximum absolute atomic E-state index is 13.9. The monoisotopic (exact) mass is 517 g/mol. The van der Waals surface area contributed by atoms with E-state index in [1.165, 1.54) is 19.2 Å². The van der Waals surface area contributed by atoms with Crippen molar-refractivity contribution in [2.45, 2.75) is 45.2 Å². The molecule has 1 spiro atoms. The molecule has 3 heterocycles. The number of Topliss-reactive ketones (excluding diaryl/α,β-unsaturated/α-hetero) is 1. The number of carbonyl (C=O) groups is 2. The summed E-state index contributed by atoms with van der Waals surface area (Å²) in [6.45, 7) is 2.25. The molecular formula is C29H28FN3O3S. The van der Waals surface area contributed by atoms with Crippen LogP contribution in [0.25, 0.3) is 21.5 Å². The number of benzene rings is 1. The molecule has 37 heavy (non-hydrogen) atoms. The Labute approximate surface area is 218 Å². The number of carbonyl (C=O) groups excluding carboxylic acids is 2. The van der Waals surface area contributed by atoms with Crippen LogP contribution in [0.4, 0.5) is 4.39 Å². The number of ketones is 1. The number of ether oxygens (including phenoxy) is 1. The molecule has 2 aliphatic rings. The van der Waals surface area contributed by atoms with E-state index in [-0.39, 0.29) is 29.1 Å². The maximum Gasteiger partial charge on any atom is 0.254 e. The molecule has 6 rings (SSSR count). The maximum atomic E-state index is 13.9.